The second-order valence-corrected chi connectivity index (χ2v) is 5.69. The number of carbonyl (C=O) groups is 1. The van der Waals surface area contributed by atoms with Crippen LogP contribution in [0.4, 0.5) is 10.1 Å². The summed E-state index contributed by atoms with van der Waals surface area (Å²) >= 11 is 0. The lowest BCUT2D eigenvalue weighted by Crippen LogP contribution is -2.49. The van der Waals surface area contributed by atoms with E-state index >= 15 is 0 Å². The topological polar surface area (TPSA) is 39.7 Å². The second kappa shape index (κ2) is 6.39. The van der Waals surface area contributed by atoms with Crippen LogP contribution in [0, 0.1) is 5.95 Å². The minimum atomic E-state index is -0.445. The molecule has 114 valence electrons. The number of nitrogens with zero attached hydrogens (tertiary/aromatic N) is 4. The zero-order valence-corrected chi connectivity index (χ0v) is 12.2. The van der Waals surface area contributed by atoms with Crippen molar-refractivity contribution in [3.05, 3.63) is 24.3 Å². The molecule has 21 heavy (non-hydrogen) atoms. The minimum Gasteiger partial charge on any atom is -0.369 e. The number of likely N-dealkylation sites (tertiary alicyclic amines) is 1. The van der Waals surface area contributed by atoms with E-state index in [-0.39, 0.29) is 5.91 Å². The van der Waals surface area contributed by atoms with Crippen LogP contribution >= 0.6 is 0 Å². The molecule has 2 aliphatic heterocycles. The number of carbonyl (C=O) groups excluding carboxylic acids is 1. The summed E-state index contributed by atoms with van der Waals surface area (Å²) in [4.78, 5) is 22.0. The number of anilines is 1. The van der Waals surface area contributed by atoms with E-state index in [0.717, 1.165) is 57.8 Å². The third-order valence-electron chi connectivity index (χ3n) is 4.27. The lowest BCUT2D eigenvalue weighted by Gasteiger charge is -2.36. The van der Waals surface area contributed by atoms with Gasteiger partial charge in [0.05, 0.1) is 6.54 Å². The average Bonchev–Trinajstić information content (AvgIpc) is 3.02. The number of pyridine rings is 1. The number of hydrogen-bond donors (Lipinski definition) is 0. The van der Waals surface area contributed by atoms with Crippen LogP contribution in [-0.2, 0) is 4.79 Å². The van der Waals surface area contributed by atoms with Crippen molar-refractivity contribution >= 4 is 11.6 Å². The van der Waals surface area contributed by atoms with Crippen molar-refractivity contribution in [2.75, 3.05) is 50.7 Å². The van der Waals surface area contributed by atoms with E-state index < -0.39 is 5.95 Å². The van der Waals surface area contributed by atoms with Gasteiger partial charge in [0, 0.05) is 57.2 Å². The van der Waals surface area contributed by atoms with Crippen LogP contribution in [0.5, 0.6) is 0 Å². The molecule has 3 heterocycles. The van der Waals surface area contributed by atoms with Gasteiger partial charge in [0.25, 0.3) is 0 Å². The van der Waals surface area contributed by atoms with Gasteiger partial charge in [-0.15, -0.1) is 0 Å². The summed E-state index contributed by atoms with van der Waals surface area (Å²) in [5, 5.41) is 0. The summed E-state index contributed by atoms with van der Waals surface area (Å²) in [6.07, 6.45) is 3.76. The molecular formula is C15H21FN4O. The van der Waals surface area contributed by atoms with Crippen molar-refractivity contribution in [3.8, 4) is 0 Å². The number of rotatable bonds is 3. The standard InChI is InChI=1S/C15H21FN4O/c16-14-11-13(3-4-17-14)19-9-7-18(8-10-19)12-15(21)20-5-1-2-6-20/h3-4,11H,1-2,5-10,12H2. The molecule has 0 unspecified atom stereocenters. The fourth-order valence-corrected chi connectivity index (χ4v) is 3.01. The first kappa shape index (κ1) is 14.3. The summed E-state index contributed by atoms with van der Waals surface area (Å²) in [7, 11) is 0. The highest BCUT2D eigenvalue weighted by Gasteiger charge is 2.23. The molecule has 3 rings (SSSR count). The van der Waals surface area contributed by atoms with Crippen molar-refractivity contribution in [2.24, 2.45) is 0 Å². The van der Waals surface area contributed by atoms with Crippen LogP contribution in [0.3, 0.4) is 0 Å². The minimum absolute atomic E-state index is 0.246. The number of halogens is 1. The number of aromatic nitrogens is 1. The molecule has 0 radical (unpaired) electrons. The second-order valence-electron chi connectivity index (χ2n) is 5.69. The first-order valence-electron chi connectivity index (χ1n) is 7.59. The number of amides is 1. The third-order valence-corrected chi connectivity index (χ3v) is 4.27. The molecule has 0 aromatic carbocycles. The lowest BCUT2D eigenvalue weighted by atomic mass is 10.2. The van der Waals surface area contributed by atoms with E-state index in [2.05, 4.69) is 14.8 Å². The molecule has 0 bridgehead atoms. The third kappa shape index (κ3) is 3.50. The van der Waals surface area contributed by atoms with E-state index in [1.165, 1.54) is 12.3 Å². The van der Waals surface area contributed by atoms with Crippen LogP contribution in [0.15, 0.2) is 18.3 Å². The quantitative estimate of drug-likeness (QED) is 0.778. The van der Waals surface area contributed by atoms with Gasteiger partial charge in [0.15, 0.2) is 0 Å². The normalized spacial score (nSPS) is 20.0. The van der Waals surface area contributed by atoms with E-state index in [0.29, 0.717) is 6.54 Å². The first-order valence-corrected chi connectivity index (χ1v) is 7.59. The van der Waals surface area contributed by atoms with Crippen molar-refractivity contribution in [1.29, 1.82) is 0 Å². The molecule has 1 aromatic rings. The highest BCUT2D eigenvalue weighted by atomic mass is 19.1. The highest BCUT2D eigenvalue weighted by molar-refractivity contribution is 5.78. The molecule has 2 aliphatic rings. The van der Waals surface area contributed by atoms with Gasteiger partial charge in [-0.25, -0.2) is 4.98 Å². The zero-order valence-electron chi connectivity index (χ0n) is 12.2. The van der Waals surface area contributed by atoms with Crippen molar-refractivity contribution in [1.82, 2.24) is 14.8 Å². The van der Waals surface area contributed by atoms with Crippen molar-refractivity contribution in [2.45, 2.75) is 12.8 Å². The van der Waals surface area contributed by atoms with Gasteiger partial charge in [-0.3, -0.25) is 9.69 Å². The first-order chi connectivity index (χ1) is 10.2. The maximum Gasteiger partial charge on any atom is 0.236 e. The maximum absolute atomic E-state index is 13.1. The van der Waals surface area contributed by atoms with Gasteiger partial charge < -0.3 is 9.80 Å². The van der Waals surface area contributed by atoms with E-state index in [1.807, 2.05) is 11.0 Å². The molecule has 0 atom stereocenters. The van der Waals surface area contributed by atoms with Crippen LogP contribution in [0.25, 0.3) is 0 Å². The Bertz CT molecular complexity index is 496. The lowest BCUT2D eigenvalue weighted by molar-refractivity contribution is -0.131. The SMILES string of the molecule is O=C(CN1CCN(c2ccnc(F)c2)CC1)N1CCCC1. The maximum atomic E-state index is 13.1. The predicted molar refractivity (Wildman–Crippen MR) is 78.7 cm³/mol. The summed E-state index contributed by atoms with van der Waals surface area (Å²) < 4.78 is 13.1. The molecule has 1 aromatic heterocycles. The molecule has 5 nitrogen and oxygen atoms in total. The molecule has 0 N–H and O–H groups in total. The largest absolute Gasteiger partial charge is 0.369 e. The van der Waals surface area contributed by atoms with Crippen molar-refractivity contribution in [3.63, 3.8) is 0 Å². The van der Waals surface area contributed by atoms with Gasteiger partial charge >= 0.3 is 0 Å². The van der Waals surface area contributed by atoms with Crippen LogP contribution < -0.4 is 4.90 Å². The number of hydrogen-bond acceptors (Lipinski definition) is 4. The summed E-state index contributed by atoms with van der Waals surface area (Å²) in [5.41, 5.74) is 0.869. The molecule has 2 fully saturated rings. The molecule has 0 spiro atoms. The Morgan fingerprint density at radius 2 is 1.86 bits per heavy atom. The molecule has 0 aliphatic carbocycles. The van der Waals surface area contributed by atoms with Gasteiger partial charge in [0.1, 0.15) is 0 Å². The van der Waals surface area contributed by atoms with Crippen molar-refractivity contribution < 1.29 is 9.18 Å². The Balaban J connectivity index is 1.49. The van der Waals surface area contributed by atoms with Crippen LogP contribution in [0.1, 0.15) is 12.8 Å². The molecule has 0 saturated carbocycles. The summed E-state index contributed by atoms with van der Waals surface area (Å²) in [5.74, 6) is -0.199. The Morgan fingerprint density at radius 3 is 2.52 bits per heavy atom. The fourth-order valence-electron chi connectivity index (χ4n) is 3.01. The average molecular weight is 292 g/mol. The number of piperazine rings is 1. The molecule has 2 saturated heterocycles. The Morgan fingerprint density at radius 1 is 1.14 bits per heavy atom. The van der Waals surface area contributed by atoms with E-state index in [9.17, 15) is 9.18 Å². The van der Waals surface area contributed by atoms with E-state index in [4.69, 9.17) is 0 Å². The van der Waals surface area contributed by atoms with E-state index in [1.54, 1.807) is 0 Å². The summed E-state index contributed by atoms with van der Waals surface area (Å²) in [6, 6.07) is 3.29. The predicted octanol–water partition coefficient (Wildman–Crippen LogP) is 0.965. The summed E-state index contributed by atoms with van der Waals surface area (Å²) in [6.45, 7) is 5.64. The van der Waals surface area contributed by atoms with Crippen LogP contribution in [0.2, 0.25) is 0 Å². The van der Waals surface area contributed by atoms with Gasteiger partial charge in [0.2, 0.25) is 11.9 Å². The fraction of sp³-hybridized carbons (Fsp3) is 0.600. The highest BCUT2D eigenvalue weighted by Crippen LogP contribution is 2.16. The van der Waals surface area contributed by atoms with Gasteiger partial charge in [-0.2, -0.15) is 4.39 Å². The monoisotopic (exact) mass is 292 g/mol. The van der Waals surface area contributed by atoms with Crippen LogP contribution in [-0.4, -0.2) is 66.5 Å². The Hall–Kier alpha value is -1.69. The van der Waals surface area contributed by atoms with Gasteiger partial charge in [-0.1, -0.05) is 0 Å². The smallest absolute Gasteiger partial charge is 0.236 e. The Kier molecular flexibility index (Phi) is 4.34. The zero-order chi connectivity index (χ0) is 14.7. The Labute approximate surface area is 124 Å². The van der Waals surface area contributed by atoms with Gasteiger partial charge in [-0.05, 0) is 18.9 Å². The molecular weight excluding hydrogens is 271 g/mol. The molecule has 6 heteroatoms. The molecule has 1 amide bonds.